The van der Waals surface area contributed by atoms with Crippen LogP contribution in [0.1, 0.15) is 17.3 Å². The topological polar surface area (TPSA) is 66.4 Å². The van der Waals surface area contributed by atoms with Crippen molar-refractivity contribution in [3.8, 4) is 0 Å². The molecule has 1 amide bonds. The van der Waals surface area contributed by atoms with Crippen LogP contribution in [0.4, 0.5) is 5.69 Å². The molecule has 0 fully saturated rings. The van der Waals surface area contributed by atoms with Crippen molar-refractivity contribution in [1.82, 2.24) is 0 Å². The Bertz CT molecular complexity index is 434. The number of rotatable bonds is 3. The fourth-order valence-electron chi connectivity index (χ4n) is 1.03. The maximum absolute atomic E-state index is 11.3. The summed E-state index contributed by atoms with van der Waals surface area (Å²) in [4.78, 5) is 22.2. The molecule has 0 aliphatic carbocycles. The molecular formula is C10H9BrClNO3. The summed E-state index contributed by atoms with van der Waals surface area (Å²) in [6.45, 7) is 1.51. The van der Waals surface area contributed by atoms with Gasteiger partial charge >= 0.3 is 5.97 Å². The van der Waals surface area contributed by atoms with E-state index >= 15 is 0 Å². The normalized spacial score (nSPS) is 11.9. The minimum Gasteiger partial charge on any atom is -0.478 e. The molecule has 0 radical (unpaired) electrons. The minimum atomic E-state index is -1.11. The molecule has 1 aromatic rings. The van der Waals surface area contributed by atoms with Gasteiger partial charge in [0.25, 0.3) is 0 Å². The van der Waals surface area contributed by atoms with E-state index in [4.69, 9.17) is 16.7 Å². The Morgan fingerprint density at radius 1 is 1.50 bits per heavy atom. The Morgan fingerprint density at radius 3 is 2.62 bits per heavy atom. The van der Waals surface area contributed by atoms with Crippen LogP contribution in [-0.2, 0) is 4.79 Å². The Kier molecular flexibility index (Phi) is 4.32. The van der Waals surface area contributed by atoms with E-state index < -0.39 is 17.3 Å². The van der Waals surface area contributed by atoms with Gasteiger partial charge in [0.15, 0.2) is 0 Å². The van der Waals surface area contributed by atoms with Crippen LogP contribution in [0.3, 0.4) is 0 Å². The lowest BCUT2D eigenvalue weighted by Gasteiger charge is -2.09. The monoisotopic (exact) mass is 305 g/mol. The van der Waals surface area contributed by atoms with Crippen molar-refractivity contribution < 1.29 is 14.7 Å². The summed E-state index contributed by atoms with van der Waals surface area (Å²) in [6.07, 6.45) is 0. The molecule has 0 spiro atoms. The zero-order chi connectivity index (χ0) is 12.3. The number of halogens is 2. The summed E-state index contributed by atoms with van der Waals surface area (Å²) in [5.41, 5.74) is 0.244. The van der Waals surface area contributed by atoms with E-state index in [0.717, 1.165) is 0 Å². The lowest BCUT2D eigenvalue weighted by molar-refractivity contribution is -0.115. The van der Waals surface area contributed by atoms with Gasteiger partial charge in [0.1, 0.15) is 5.38 Å². The fourth-order valence-corrected chi connectivity index (χ4v) is 1.45. The van der Waals surface area contributed by atoms with E-state index in [9.17, 15) is 9.59 Å². The summed E-state index contributed by atoms with van der Waals surface area (Å²) >= 11 is 8.73. The van der Waals surface area contributed by atoms with Gasteiger partial charge in [-0.2, -0.15) is 0 Å². The number of nitrogens with one attached hydrogen (secondary N) is 1. The molecule has 0 saturated carbocycles. The zero-order valence-electron chi connectivity index (χ0n) is 8.33. The maximum Gasteiger partial charge on any atom is 0.337 e. The molecule has 1 rings (SSSR count). The number of hydrogen-bond donors (Lipinski definition) is 2. The van der Waals surface area contributed by atoms with E-state index in [1.807, 2.05) is 0 Å². The first-order valence-electron chi connectivity index (χ1n) is 4.39. The van der Waals surface area contributed by atoms with Crippen molar-refractivity contribution in [3.05, 3.63) is 28.2 Å². The first-order chi connectivity index (χ1) is 7.41. The van der Waals surface area contributed by atoms with Crippen LogP contribution in [-0.4, -0.2) is 22.4 Å². The van der Waals surface area contributed by atoms with Gasteiger partial charge in [0, 0.05) is 4.47 Å². The molecule has 86 valence electrons. The lowest BCUT2D eigenvalue weighted by Crippen LogP contribution is -2.21. The van der Waals surface area contributed by atoms with Gasteiger partial charge in [-0.3, -0.25) is 4.79 Å². The third kappa shape index (κ3) is 3.21. The highest BCUT2D eigenvalue weighted by Crippen LogP contribution is 2.21. The highest BCUT2D eigenvalue weighted by molar-refractivity contribution is 9.10. The van der Waals surface area contributed by atoms with Crippen LogP contribution in [0.5, 0.6) is 0 Å². The molecule has 0 bridgehead atoms. The van der Waals surface area contributed by atoms with Crippen molar-refractivity contribution >= 4 is 45.1 Å². The third-order valence-electron chi connectivity index (χ3n) is 1.83. The average Bonchev–Trinajstić information content (AvgIpc) is 2.20. The molecule has 2 N–H and O–H groups in total. The van der Waals surface area contributed by atoms with E-state index in [-0.39, 0.29) is 11.3 Å². The molecule has 16 heavy (non-hydrogen) atoms. The lowest BCUT2D eigenvalue weighted by atomic mass is 10.2. The number of aromatic carboxylic acids is 1. The summed E-state index contributed by atoms with van der Waals surface area (Å²) in [5.74, 6) is -1.55. The number of carboxylic acids is 1. The fraction of sp³-hybridized carbons (Fsp3) is 0.200. The molecule has 6 heteroatoms. The van der Waals surface area contributed by atoms with E-state index in [0.29, 0.717) is 4.47 Å². The van der Waals surface area contributed by atoms with Crippen molar-refractivity contribution in [2.75, 3.05) is 5.32 Å². The highest BCUT2D eigenvalue weighted by atomic mass is 79.9. The Morgan fingerprint density at radius 2 is 2.12 bits per heavy atom. The highest BCUT2D eigenvalue weighted by Gasteiger charge is 2.15. The number of carbonyl (C=O) groups excluding carboxylic acids is 1. The number of benzene rings is 1. The predicted octanol–water partition coefficient (Wildman–Crippen LogP) is 2.71. The maximum atomic E-state index is 11.3. The SMILES string of the molecule is CC(Cl)C(=O)Nc1ccc(Br)cc1C(=O)O. The zero-order valence-corrected chi connectivity index (χ0v) is 10.7. The Labute approximate surface area is 106 Å². The van der Waals surface area contributed by atoms with Crippen molar-refractivity contribution in [1.29, 1.82) is 0 Å². The van der Waals surface area contributed by atoms with Gasteiger partial charge in [-0.25, -0.2) is 4.79 Å². The first-order valence-corrected chi connectivity index (χ1v) is 5.62. The van der Waals surface area contributed by atoms with Crippen LogP contribution >= 0.6 is 27.5 Å². The van der Waals surface area contributed by atoms with Gasteiger partial charge in [0.05, 0.1) is 11.3 Å². The van der Waals surface area contributed by atoms with Crippen LogP contribution < -0.4 is 5.32 Å². The number of amides is 1. The summed E-state index contributed by atoms with van der Waals surface area (Å²) in [7, 11) is 0. The molecule has 0 aliphatic heterocycles. The largest absolute Gasteiger partial charge is 0.478 e. The quantitative estimate of drug-likeness (QED) is 0.844. The van der Waals surface area contributed by atoms with Gasteiger partial charge in [-0.1, -0.05) is 15.9 Å². The van der Waals surface area contributed by atoms with Crippen molar-refractivity contribution in [2.24, 2.45) is 0 Å². The van der Waals surface area contributed by atoms with E-state index in [1.54, 1.807) is 6.07 Å². The summed E-state index contributed by atoms with van der Waals surface area (Å²) in [5, 5.41) is 10.7. The van der Waals surface area contributed by atoms with Crippen molar-refractivity contribution in [2.45, 2.75) is 12.3 Å². The number of carboxylic acid groups (broad SMARTS) is 1. The molecular weight excluding hydrogens is 297 g/mol. The van der Waals surface area contributed by atoms with Gasteiger partial charge < -0.3 is 10.4 Å². The molecule has 0 aliphatic rings. The Hall–Kier alpha value is -1.07. The number of hydrogen-bond acceptors (Lipinski definition) is 2. The van der Waals surface area contributed by atoms with E-state index in [1.165, 1.54) is 19.1 Å². The Balaban J connectivity index is 3.04. The number of anilines is 1. The molecule has 1 atom stereocenters. The molecule has 4 nitrogen and oxygen atoms in total. The van der Waals surface area contributed by atoms with Crippen LogP contribution in [0, 0.1) is 0 Å². The number of alkyl halides is 1. The van der Waals surface area contributed by atoms with E-state index in [2.05, 4.69) is 21.2 Å². The second-order valence-corrected chi connectivity index (χ2v) is 4.67. The van der Waals surface area contributed by atoms with Crippen molar-refractivity contribution in [3.63, 3.8) is 0 Å². The molecule has 1 unspecified atom stereocenters. The molecule has 0 heterocycles. The van der Waals surface area contributed by atoms with Crippen LogP contribution in [0.15, 0.2) is 22.7 Å². The molecule has 0 saturated heterocycles. The standard InChI is InChI=1S/C10H9BrClNO3/c1-5(12)9(14)13-8-3-2-6(11)4-7(8)10(15)16/h2-5H,1H3,(H,13,14)(H,15,16). The van der Waals surface area contributed by atoms with Crippen LogP contribution in [0.25, 0.3) is 0 Å². The number of carbonyl (C=O) groups is 2. The summed E-state index contributed by atoms with van der Waals surface area (Å²) < 4.78 is 0.627. The van der Waals surface area contributed by atoms with Crippen LogP contribution in [0.2, 0.25) is 0 Å². The first kappa shape index (κ1) is 13.0. The minimum absolute atomic E-state index is 0.0139. The van der Waals surface area contributed by atoms with Gasteiger partial charge in [-0.15, -0.1) is 11.6 Å². The van der Waals surface area contributed by atoms with Gasteiger partial charge in [0.2, 0.25) is 5.91 Å². The molecule has 0 aromatic heterocycles. The third-order valence-corrected chi connectivity index (χ3v) is 2.52. The predicted molar refractivity (Wildman–Crippen MR) is 65.0 cm³/mol. The average molecular weight is 307 g/mol. The second-order valence-electron chi connectivity index (χ2n) is 3.10. The smallest absolute Gasteiger partial charge is 0.337 e. The summed E-state index contributed by atoms with van der Waals surface area (Å²) in [6, 6.07) is 4.56. The molecule has 1 aromatic carbocycles. The second kappa shape index (κ2) is 5.32. The van der Waals surface area contributed by atoms with Gasteiger partial charge in [-0.05, 0) is 25.1 Å².